The lowest BCUT2D eigenvalue weighted by atomic mass is 9.74. The first kappa shape index (κ1) is 16.2. The van der Waals surface area contributed by atoms with Gasteiger partial charge in [-0.2, -0.15) is 0 Å². The van der Waals surface area contributed by atoms with Crippen molar-refractivity contribution in [2.75, 3.05) is 24.3 Å². The Bertz CT molecular complexity index is 592. The van der Waals surface area contributed by atoms with Crippen LogP contribution >= 0.6 is 0 Å². The summed E-state index contributed by atoms with van der Waals surface area (Å²) in [6.45, 7) is 0.454. The number of anilines is 1. The number of nitrogen functional groups attached to an aromatic ring is 1. The molecule has 0 amide bonds. The zero-order valence-electron chi connectivity index (χ0n) is 11.9. The van der Waals surface area contributed by atoms with Gasteiger partial charge >= 0.3 is 0 Å². The number of nitrogens with two attached hydrogens (primary N) is 1. The largest absolute Gasteiger partial charge is 0.399 e. The van der Waals surface area contributed by atoms with Crippen molar-refractivity contribution < 1.29 is 17.2 Å². The Hall–Kier alpha value is -1.21. The number of hydrogen-bond acceptors (Lipinski definition) is 4. The molecular formula is C14H20F2N2O2S. The highest BCUT2D eigenvalue weighted by Crippen LogP contribution is 2.46. The average Bonchev–Trinajstić information content (AvgIpc) is 2.27. The van der Waals surface area contributed by atoms with Crippen molar-refractivity contribution in [2.45, 2.75) is 30.7 Å². The maximum atomic E-state index is 13.2. The first-order valence-corrected chi connectivity index (χ1v) is 8.80. The Kier molecular flexibility index (Phi) is 4.26. The fourth-order valence-corrected chi connectivity index (χ4v) is 4.18. The summed E-state index contributed by atoms with van der Waals surface area (Å²) < 4.78 is 49.2. The molecule has 0 atom stereocenters. The van der Waals surface area contributed by atoms with Gasteiger partial charge in [-0.15, -0.1) is 0 Å². The first-order chi connectivity index (χ1) is 9.59. The molecule has 21 heavy (non-hydrogen) atoms. The van der Waals surface area contributed by atoms with Crippen molar-refractivity contribution >= 4 is 15.5 Å². The van der Waals surface area contributed by atoms with Gasteiger partial charge in [0.1, 0.15) is 9.84 Å². The van der Waals surface area contributed by atoms with Crippen LogP contribution in [0.1, 0.15) is 18.4 Å². The van der Waals surface area contributed by atoms with Gasteiger partial charge < -0.3 is 11.1 Å². The molecule has 0 unspecified atom stereocenters. The van der Waals surface area contributed by atoms with Crippen molar-refractivity contribution in [3.05, 3.63) is 29.8 Å². The van der Waals surface area contributed by atoms with E-state index in [1.807, 2.05) is 12.1 Å². The summed E-state index contributed by atoms with van der Waals surface area (Å²) in [5.74, 6) is -3.02. The highest BCUT2D eigenvalue weighted by molar-refractivity contribution is 7.90. The van der Waals surface area contributed by atoms with Crippen molar-refractivity contribution in [3.8, 4) is 0 Å². The highest BCUT2D eigenvalue weighted by atomic mass is 32.2. The topological polar surface area (TPSA) is 72.2 Å². The second kappa shape index (κ2) is 5.53. The van der Waals surface area contributed by atoms with Crippen LogP contribution in [0.15, 0.2) is 24.3 Å². The number of halogens is 2. The molecule has 0 saturated heterocycles. The number of rotatable bonds is 6. The van der Waals surface area contributed by atoms with E-state index in [-0.39, 0.29) is 5.75 Å². The van der Waals surface area contributed by atoms with Crippen LogP contribution in [-0.2, 0) is 16.3 Å². The standard InChI is InChI=1S/C14H20F2N2O2S/c1-21(19,20)10-13(8-14(15,16)9-13)18-7-6-11-2-4-12(17)5-3-11/h2-5,18H,6-10,17H2,1H3. The Morgan fingerprint density at radius 3 is 2.29 bits per heavy atom. The van der Waals surface area contributed by atoms with Gasteiger partial charge in [-0.05, 0) is 30.7 Å². The molecule has 7 heteroatoms. The maximum Gasteiger partial charge on any atom is 0.251 e. The first-order valence-electron chi connectivity index (χ1n) is 6.74. The van der Waals surface area contributed by atoms with E-state index in [1.165, 1.54) is 0 Å². The van der Waals surface area contributed by atoms with Crippen LogP contribution < -0.4 is 11.1 Å². The summed E-state index contributed by atoms with van der Waals surface area (Å²) in [7, 11) is -3.31. The molecule has 0 radical (unpaired) electrons. The third-order valence-electron chi connectivity index (χ3n) is 3.63. The second-order valence-electron chi connectivity index (χ2n) is 5.98. The van der Waals surface area contributed by atoms with Gasteiger partial charge in [0.15, 0.2) is 0 Å². The molecule has 0 aliphatic heterocycles. The third kappa shape index (κ3) is 4.64. The maximum absolute atomic E-state index is 13.2. The number of sulfone groups is 1. The van der Waals surface area contributed by atoms with Gasteiger partial charge in [0.05, 0.1) is 5.75 Å². The summed E-state index contributed by atoms with van der Waals surface area (Å²) >= 11 is 0. The fraction of sp³-hybridized carbons (Fsp3) is 0.571. The van der Waals surface area contributed by atoms with Crippen LogP contribution in [0, 0.1) is 0 Å². The quantitative estimate of drug-likeness (QED) is 0.782. The monoisotopic (exact) mass is 318 g/mol. The molecule has 1 saturated carbocycles. The third-order valence-corrected chi connectivity index (χ3v) is 4.70. The molecule has 1 aliphatic carbocycles. The van der Waals surface area contributed by atoms with E-state index >= 15 is 0 Å². The van der Waals surface area contributed by atoms with Gasteiger partial charge in [-0.25, -0.2) is 17.2 Å². The summed E-state index contributed by atoms with van der Waals surface area (Å²) in [5.41, 5.74) is 6.28. The van der Waals surface area contributed by atoms with E-state index in [0.717, 1.165) is 11.8 Å². The lowest BCUT2D eigenvalue weighted by molar-refractivity contribution is -0.126. The van der Waals surface area contributed by atoms with E-state index in [4.69, 9.17) is 5.73 Å². The van der Waals surface area contributed by atoms with Crippen molar-refractivity contribution in [3.63, 3.8) is 0 Å². The van der Waals surface area contributed by atoms with E-state index in [9.17, 15) is 17.2 Å². The predicted molar refractivity (Wildman–Crippen MR) is 79.2 cm³/mol. The molecular weight excluding hydrogens is 298 g/mol. The van der Waals surface area contributed by atoms with Crippen LogP contribution in [0.4, 0.5) is 14.5 Å². The SMILES string of the molecule is CS(=O)(=O)CC1(NCCc2ccc(N)cc2)CC(F)(F)C1. The van der Waals surface area contributed by atoms with E-state index in [1.54, 1.807) is 12.1 Å². The molecule has 0 spiro atoms. The van der Waals surface area contributed by atoms with Crippen LogP contribution in [0.25, 0.3) is 0 Å². The molecule has 1 aromatic carbocycles. The molecule has 1 fully saturated rings. The smallest absolute Gasteiger partial charge is 0.251 e. The molecule has 1 aliphatic rings. The van der Waals surface area contributed by atoms with E-state index < -0.39 is 34.1 Å². The lowest BCUT2D eigenvalue weighted by Crippen LogP contribution is -2.64. The summed E-state index contributed by atoms with van der Waals surface area (Å²) in [6, 6.07) is 7.30. The average molecular weight is 318 g/mol. The number of nitrogens with one attached hydrogen (secondary N) is 1. The molecule has 0 heterocycles. The minimum absolute atomic E-state index is 0.253. The normalized spacial score (nSPS) is 20.0. The van der Waals surface area contributed by atoms with Gasteiger partial charge in [-0.3, -0.25) is 0 Å². The number of hydrogen-bond donors (Lipinski definition) is 2. The molecule has 118 valence electrons. The van der Waals surface area contributed by atoms with Crippen LogP contribution in [0.3, 0.4) is 0 Å². The van der Waals surface area contributed by atoms with Crippen molar-refractivity contribution in [1.29, 1.82) is 0 Å². The summed E-state index contributed by atoms with van der Waals surface area (Å²) in [6.07, 6.45) is 0.869. The number of benzene rings is 1. The lowest BCUT2D eigenvalue weighted by Gasteiger charge is -2.47. The minimum Gasteiger partial charge on any atom is -0.399 e. The zero-order chi connectivity index (χ0) is 15.7. The Morgan fingerprint density at radius 2 is 1.81 bits per heavy atom. The highest BCUT2D eigenvalue weighted by Gasteiger charge is 2.57. The van der Waals surface area contributed by atoms with E-state index in [0.29, 0.717) is 18.7 Å². The molecule has 4 nitrogen and oxygen atoms in total. The van der Waals surface area contributed by atoms with Crippen LogP contribution in [-0.4, -0.2) is 38.4 Å². The summed E-state index contributed by atoms with van der Waals surface area (Å²) in [4.78, 5) is 0. The van der Waals surface area contributed by atoms with E-state index in [2.05, 4.69) is 5.32 Å². The molecule has 1 aromatic rings. The minimum atomic E-state index is -3.31. The van der Waals surface area contributed by atoms with Crippen molar-refractivity contribution in [1.82, 2.24) is 5.32 Å². The number of alkyl halides is 2. The predicted octanol–water partition coefficient (Wildman–Crippen LogP) is 1.61. The zero-order valence-corrected chi connectivity index (χ0v) is 12.7. The van der Waals surface area contributed by atoms with Gasteiger partial charge in [0.2, 0.25) is 0 Å². The Balaban J connectivity index is 1.93. The Labute approximate surface area is 123 Å². The van der Waals surface area contributed by atoms with Gasteiger partial charge in [-0.1, -0.05) is 12.1 Å². The van der Waals surface area contributed by atoms with Crippen molar-refractivity contribution in [2.24, 2.45) is 0 Å². The van der Waals surface area contributed by atoms with Crippen LogP contribution in [0.5, 0.6) is 0 Å². The van der Waals surface area contributed by atoms with Gasteiger partial charge in [0, 0.05) is 30.3 Å². The Morgan fingerprint density at radius 1 is 1.24 bits per heavy atom. The summed E-state index contributed by atoms with van der Waals surface area (Å²) in [5, 5.41) is 3.02. The molecule has 2 rings (SSSR count). The molecule has 3 N–H and O–H groups in total. The van der Waals surface area contributed by atoms with Gasteiger partial charge in [0.25, 0.3) is 5.92 Å². The van der Waals surface area contributed by atoms with Crippen LogP contribution in [0.2, 0.25) is 0 Å². The fourth-order valence-electron chi connectivity index (χ4n) is 2.87. The second-order valence-corrected chi connectivity index (χ2v) is 8.12. The molecule has 0 bridgehead atoms. The molecule has 0 aromatic heterocycles.